The van der Waals surface area contributed by atoms with Crippen LogP contribution in [0.5, 0.6) is 0 Å². The van der Waals surface area contributed by atoms with Crippen molar-refractivity contribution in [2.45, 2.75) is 47.1 Å². The van der Waals surface area contributed by atoms with E-state index in [0.29, 0.717) is 0 Å². The lowest BCUT2D eigenvalue weighted by Crippen LogP contribution is -2.32. The van der Waals surface area contributed by atoms with Crippen LogP contribution in [0.3, 0.4) is 0 Å². The summed E-state index contributed by atoms with van der Waals surface area (Å²) in [6.45, 7) is 10.2. The highest BCUT2D eigenvalue weighted by Gasteiger charge is 2.17. The average Bonchev–Trinajstić information content (AvgIpc) is 2.74. The van der Waals surface area contributed by atoms with Crippen molar-refractivity contribution in [3.05, 3.63) is 52.8 Å². The molecule has 1 aromatic carbocycles. The first-order valence-electron chi connectivity index (χ1n) is 7.51. The molecule has 2 rings (SSSR count). The Morgan fingerprint density at radius 3 is 2.57 bits per heavy atom. The molecule has 1 heterocycles. The van der Waals surface area contributed by atoms with E-state index in [2.05, 4.69) is 41.9 Å². The molecule has 0 aliphatic heterocycles. The Balaban J connectivity index is 2.40. The van der Waals surface area contributed by atoms with Crippen molar-refractivity contribution in [1.29, 1.82) is 0 Å². The molecule has 3 nitrogen and oxygen atoms in total. The summed E-state index contributed by atoms with van der Waals surface area (Å²) in [7, 11) is 0. The lowest BCUT2D eigenvalue weighted by atomic mass is 10.2. The van der Waals surface area contributed by atoms with Gasteiger partial charge in [-0.3, -0.25) is 4.79 Å². The van der Waals surface area contributed by atoms with Gasteiger partial charge < -0.3 is 9.88 Å². The summed E-state index contributed by atoms with van der Waals surface area (Å²) in [5.41, 5.74) is 5.14. The largest absolute Gasteiger partial charge is 0.350 e. The van der Waals surface area contributed by atoms with Crippen LogP contribution in [0.4, 0.5) is 0 Å². The monoisotopic (exact) mass is 284 g/mol. The van der Waals surface area contributed by atoms with Crippen molar-refractivity contribution in [3.63, 3.8) is 0 Å². The molecular formula is C18H24N2O. The molecule has 0 aliphatic carbocycles. The molecule has 3 heteroatoms. The molecule has 1 unspecified atom stereocenters. The molecule has 0 saturated carbocycles. The number of amides is 1. The van der Waals surface area contributed by atoms with Crippen molar-refractivity contribution in [3.8, 4) is 5.69 Å². The maximum Gasteiger partial charge on any atom is 0.253 e. The molecule has 1 aromatic heterocycles. The molecule has 0 fully saturated rings. The topological polar surface area (TPSA) is 34.0 Å². The minimum atomic E-state index is 0.0105. The Labute approximate surface area is 127 Å². The van der Waals surface area contributed by atoms with Gasteiger partial charge in [0, 0.05) is 23.1 Å². The Bertz CT molecular complexity index is 655. The standard InChI is InChI=1S/C18H24N2O/c1-6-13(3)19-18(21)17-11-14(4)20(15(17)5)16-9-7-8-12(2)10-16/h7-11,13H,6H2,1-5H3,(H,19,21). The summed E-state index contributed by atoms with van der Waals surface area (Å²) >= 11 is 0. The van der Waals surface area contributed by atoms with Gasteiger partial charge in [-0.1, -0.05) is 19.1 Å². The maximum absolute atomic E-state index is 12.4. The van der Waals surface area contributed by atoms with Crippen LogP contribution in [-0.2, 0) is 0 Å². The zero-order valence-corrected chi connectivity index (χ0v) is 13.5. The van der Waals surface area contributed by atoms with E-state index in [0.717, 1.165) is 29.1 Å². The number of hydrogen-bond donors (Lipinski definition) is 1. The molecule has 21 heavy (non-hydrogen) atoms. The molecule has 2 aromatic rings. The molecule has 0 spiro atoms. The Morgan fingerprint density at radius 1 is 1.24 bits per heavy atom. The summed E-state index contributed by atoms with van der Waals surface area (Å²) in [6.07, 6.45) is 0.933. The highest BCUT2D eigenvalue weighted by molar-refractivity contribution is 5.96. The van der Waals surface area contributed by atoms with Crippen molar-refractivity contribution < 1.29 is 4.79 Å². The van der Waals surface area contributed by atoms with Crippen LogP contribution in [0.1, 0.15) is 47.6 Å². The smallest absolute Gasteiger partial charge is 0.253 e. The van der Waals surface area contributed by atoms with E-state index < -0.39 is 0 Å². The molecule has 112 valence electrons. The summed E-state index contributed by atoms with van der Waals surface area (Å²) < 4.78 is 2.14. The number of hydrogen-bond acceptors (Lipinski definition) is 1. The van der Waals surface area contributed by atoms with Crippen LogP contribution in [-0.4, -0.2) is 16.5 Å². The van der Waals surface area contributed by atoms with Crippen LogP contribution in [0.25, 0.3) is 5.69 Å². The van der Waals surface area contributed by atoms with Crippen LogP contribution >= 0.6 is 0 Å². The lowest BCUT2D eigenvalue weighted by molar-refractivity contribution is 0.0938. The number of nitrogens with zero attached hydrogens (tertiary/aromatic N) is 1. The third-order valence-corrected chi connectivity index (χ3v) is 3.93. The highest BCUT2D eigenvalue weighted by Crippen LogP contribution is 2.21. The summed E-state index contributed by atoms with van der Waals surface area (Å²) in [5.74, 6) is 0.0105. The molecule has 0 radical (unpaired) electrons. The van der Waals surface area contributed by atoms with E-state index in [-0.39, 0.29) is 11.9 Å². The summed E-state index contributed by atoms with van der Waals surface area (Å²) in [4.78, 5) is 12.4. The number of rotatable bonds is 4. The molecule has 1 amide bonds. The van der Waals surface area contributed by atoms with E-state index >= 15 is 0 Å². The molecule has 1 atom stereocenters. The first-order valence-corrected chi connectivity index (χ1v) is 7.51. The number of aromatic nitrogens is 1. The zero-order chi connectivity index (χ0) is 15.6. The minimum absolute atomic E-state index is 0.0105. The van der Waals surface area contributed by atoms with Crippen LogP contribution in [0.2, 0.25) is 0 Å². The fourth-order valence-corrected chi connectivity index (χ4v) is 2.56. The first-order chi connectivity index (χ1) is 9.93. The van der Waals surface area contributed by atoms with Gasteiger partial charge in [0.1, 0.15) is 0 Å². The second kappa shape index (κ2) is 6.17. The van der Waals surface area contributed by atoms with E-state index in [1.54, 1.807) is 0 Å². The Morgan fingerprint density at radius 2 is 1.95 bits per heavy atom. The first kappa shape index (κ1) is 15.4. The van der Waals surface area contributed by atoms with Crippen molar-refractivity contribution in [2.75, 3.05) is 0 Å². The van der Waals surface area contributed by atoms with Gasteiger partial charge in [0.05, 0.1) is 5.56 Å². The van der Waals surface area contributed by atoms with Gasteiger partial charge in [-0.2, -0.15) is 0 Å². The van der Waals surface area contributed by atoms with Crippen molar-refractivity contribution in [2.24, 2.45) is 0 Å². The van der Waals surface area contributed by atoms with Gasteiger partial charge in [-0.15, -0.1) is 0 Å². The number of carbonyl (C=O) groups is 1. The quantitative estimate of drug-likeness (QED) is 0.907. The maximum atomic E-state index is 12.4. The predicted molar refractivity (Wildman–Crippen MR) is 87.2 cm³/mol. The molecule has 0 aliphatic rings. The predicted octanol–water partition coefficient (Wildman–Crippen LogP) is 3.93. The fraction of sp³-hybridized carbons (Fsp3) is 0.389. The molecule has 0 bridgehead atoms. The second-order valence-corrected chi connectivity index (χ2v) is 5.74. The van der Waals surface area contributed by atoms with Gasteiger partial charge >= 0.3 is 0 Å². The van der Waals surface area contributed by atoms with Gasteiger partial charge in [-0.25, -0.2) is 0 Å². The van der Waals surface area contributed by atoms with Gasteiger partial charge in [0.2, 0.25) is 0 Å². The zero-order valence-electron chi connectivity index (χ0n) is 13.5. The van der Waals surface area contributed by atoms with Gasteiger partial charge in [-0.05, 0) is 57.9 Å². The number of aryl methyl sites for hydroxylation is 2. The molecular weight excluding hydrogens is 260 g/mol. The van der Waals surface area contributed by atoms with E-state index in [9.17, 15) is 4.79 Å². The van der Waals surface area contributed by atoms with Crippen LogP contribution in [0.15, 0.2) is 30.3 Å². The van der Waals surface area contributed by atoms with Gasteiger partial charge in [0.15, 0.2) is 0 Å². The van der Waals surface area contributed by atoms with Crippen LogP contribution in [0, 0.1) is 20.8 Å². The normalized spacial score (nSPS) is 12.2. The number of carbonyl (C=O) groups excluding carboxylic acids is 1. The second-order valence-electron chi connectivity index (χ2n) is 5.74. The van der Waals surface area contributed by atoms with E-state index in [1.807, 2.05) is 32.9 Å². The Kier molecular flexibility index (Phi) is 4.51. The van der Waals surface area contributed by atoms with Crippen molar-refractivity contribution >= 4 is 5.91 Å². The SMILES string of the molecule is CCC(C)NC(=O)c1cc(C)n(-c2cccc(C)c2)c1C. The molecule has 1 N–H and O–H groups in total. The van der Waals surface area contributed by atoms with E-state index in [1.165, 1.54) is 5.56 Å². The summed E-state index contributed by atoms with van der Waals surface area (Å²) in [5, 5.41) is 3.04. The van der Waals surface area contributed by atoms with E-state index in [4.69, 9.17) is 0 Å². The summed E-state index contributed by atoms with van der Waals surface area (Å²) in [6, 6.07) is 10.5. The van der Waals surface area contributed by atoms with Gasteiger partial charge in [0.25, 0.3) is 5.91 Å². The number of nitrogens with one attached hydrogen (secondary N) is 1. The van der Waals surface area contributed by atoms with Crippen LogP contribution < -0.4 is 5.32 Å². The molecule has 0 saturated heterocycles. The Hall–Kier alpha value is -2.03. The lowest BCUT2D eigenvalue weighted by Gasteiger charge is -2.13. The van der Waals surface area contributed by atoms with Crippen molar-refractivity contribution in [1.82, 2.24) is 9.88 Å². The fourth-order valence-electron chi connectivity index (χ4n) is 2.56. The third kappa shape index (κ3) is 3.18. The minimum Gasteiger partial charge on any atom is -0.350 e. The average molecular weight is 284 g/mol. The highest BCUT2D eigenvalue weighted by atomic mass is 16.1. The third-order valence-electron chi connectivity index (χ3n) is 3.93. The number of benzene rings is 1.